The molecule has 3 aromatic carbocycles. The summed E-state index contributed by atoms with van der Waals surface area (Å²) in [4.78, 5) is 41.1. The molecule has 0 fully saturated rings. The van der Waals surface area contributed by atoms with Crippen LogP contribution in [0.15, 0.2) is 96.2 Å². The Morgan fingerprint density at radius 3 is 2.69 bits per heavy atom. The molecule has 0 aliphatic heterocycles. The van der Waals surface area contributed by atoms with Crippen molar-refractivity contribution >= 4 is 46.0 Å². The summed E-state index contributed by atoms with van der Waals surface area (Å²) in [6.45, 7) is 0. The van der Waals surface area contributed by atoms with Gasteiger partial charge in [-0.25, -0.2) is 0 Å². The molecule has 0 bridgehead atoms. The topological polar surface area (TPSA) is 135 Å². The summed E-state index contributed by atoms with van der Waals surface area (Å²) in [6, 6.07) is 20.4. The molecule has 2 aromatic heterocycles. The van der Waals surface area contributed by atoms with Gasteiger partial charge in [0.05, 0.1) is 5.69 Å². The normalized spacial score (nSPS) is 11.9. The molecule has 194 valence electrons. The van der Waals surface area contributed by atoms with Gasteiger partial charge in [0.1, 0.15) is 12.4 Å². The fraction of sp³-hybridized carbons (Fsp3) is 0.0714. The van der Waals surface area contributed by atoms with Crippen LogP contribution in [-0.4, -0.2) is 43.0 Å². The van der Waals surface area contributed by atoms with Crippen molar-refractivity contribution in [2.75, 3.05) is 5.32 Å². The maximum absolute atomic E-state index is 13.3. The molecule has 1 atom stereocenters. The zero-order chi connectivity index (χ0) is 27.2. The predicted molar refractivity (Wildman–Crippen MR) is 148 cm³/mol. The van der Waals surface area contributed by atoms with Crippen molar-refractivity contribution in [3.05, 3.63) is 118 Å². The number of fused-ring (bicyclic) bond motifs is 1. The van der Waals surface area contributed by atoms with Gasteiger partial charge in [-0.2, -0.15) is 4.68 Å². The number of hydrogen-bond acceptors (Lipinski definition) is 6. The second kappa shape index (κ2) is 11.5. The summed E-state index contributed by atoms with van der Waals surface area (Å²) in [5, 5.41) is 18.5. The molecule has 0 unspecified atom stereocenters. The lowest BCUT2D eigenvalue weighted by molar-refractivity contribution is -0.123. The quantitative estimate of drug-likeness (QED) is 0.258. The van der Waals surface area contributed by atoms with Gasteiger partial charge < -0.3 is 15.6 Å². The first-order valence-electron chi connectivity index (χ1n) is 11.9. The van der Waals surface area contributed by atoms with Crippen molar-refractivity contribution in [3.63, 3.8) is 0 Å². The summed E-state index contributed by atoms with van der Waals surface area (Å²) in [5.41, 5.74) is 2.28. The van der Waals surface area contributed by atoms with Gasteiger partial charge in [0.2, 0.25) is 11.8 Å². The first-order chi connectivity index (χ1) is 19.0. The Morgan fingerprint density at radius 2 is 1.90 bits per heavy atom. The zero-order valence-corrected chi connectivity index (χ0v) is 21.2. The van der Waals surface area contributed by atoms with Crippen molar-refractivity contribution < 1.29 is 9.59 Å². The van der Waals surface area contributed by atoms with Crippen LogP contribution < -0.4 is 16.2 Å². The number of halogens is 1. The van der Waals surface area contributed by atoms with Crippen LogP contribution in [0.5, 0.6) is 0 Å². The number of pyridine rings is 1. The van der Waals surface area contributed by atoms with E-state index in [2.05, 4.69) is 31.1 Å². The number of carbonyl (C=O) groups is 2. The van der Waals surface area contributed by atoms with Gasteiger partial charge in [0.25, 0.3) is 5.56 Å². The lowest BCUT2D eigenvalue weighted by atomic mass is 10.0. The molecule has 2 amide bonds. The Balaban J connectivity index is 1.37. The maximum atomic E-state index is 13.3. The Kier molecular flexibility index (Phi) is 7.56. The average molecular weight is 540 g/mol. The molecule has 10 nitrogen and oxygen atoms in total. The Labute approximate surface area is 227 Å². The van der Waals surface area contributed by atoms with Crippen molar-refractivity contribution in [2.45, 2.75) is 12.5 Å². The third-order valence-corrected chi connectivity index (χ3v) is 6.19. The smallest absolute Gasteiger partial charge is 0.255 e. The molecule has 39 heavy (non-hydrogen) atoms. The van der Waals surface area contributed by atoms with Gasteiger partial charge in [-0.1, -0.05) is 48.0 Å². The second-order valence-electron chi connectivity index (χ2n) is 8.64. The van der Waals surface area contributed by atoms with E-state index in [1.165, 1.54) is 17.1 Å². The number of aromatic amines is 1. The number of H-pyrrole nitrogens is 1. The van der Waals surface area contributed by atoms with E-state index in [9.17, 15) is 14.4 Å². The van der Waals surface area contributed by atoms with E-state index in [0.29, 0.717) is 27.3 Å². The molecular formula is C28H22ClN7O3. The molecule has 0 aliphatic rings. The zero-order valence-electron chi connectivity index (χ0n) is 20.4. The number of amides is 2. The third kappa shape index (κ3) is 6.25. The first-order valence-corrected chi connectivity index (χ1v) is 12.3. The van der Waals surface area contributed by atoms with Crippen LogP contribution in [-0.2, 0) is 16.0 Å². The van der Waals surface area contributed by atoms with Gasteiger partial charge in [0, 0.05) is 40.4 Å². The van der Waals surface area contributed by atoms with Crippen molar-refractivity contribution in [1.29, 1.82) is 0 Å². The monoisotopic (exact) mass is 539 g/mol. The van der Waals surface area contributed by atoms with Crippen LogP contribution in [0.1, 0.15) is 11.1 Å². The summed E-state index contributed by atoms with van der Waals surface area (Å²) in [6.07, 6.45) is 6.15. The van der Waals surface area contributed by atoms with Crippen molar-refractivity contribution in [2.24, 2.45) is 0 Å². The molecule has 11 heteroatoms. The lowest BCUT2D eigenvalue weighted by Crippen LogP contribution is -2.44. The molecule has 0 saturated carbocycles. The summed E-state index contributed by atoms with van der Waals surface area (Å²) < 4.78 is 1.45. The predicted octanol–water partition coefficient (Wildman–Crippen LogP) is 3.54. The highest BCUT2D eigenvalue weighted by Crippen LogP contribution is 2.20. The molecule has 3 N–H and O–H groups in total. The SMILES string of the molecule is O=C(C=Cc1cc(Cl)ccc1-n1cnnn1)N[C@@H](Cc1ccccc1)C(=O)Nc1ccc2cc[nH]c(=O)c2c1. The van der Waals surface area contributed by atoms with Gasteiger partial charge in [0.15, 0.2) is 0 Å². The highest BCUT2D eigenvalue weighted by Gasteiger charge is 2.21. The third-order valence-electron chi connectivity index (χ3n) is 5.96. The standard InChI is InChI=1S/C28H22ClN7O3/c29-21-8-10-25(36-17-31-34-35-36)20(15-21)7-11-26(37)33-24(14-18-4-2-1-3-5-18)28(39)32-22-9-6-19-12-13-30-27(38)23(19)16-22/h1-13,15-17,24H,14H2,(H,30,38)(H,32,39)(H,33,37)/t24-/m0/s1. The molecule has 2 heterocycles. The van der Waals surface area contributed by atoms with Crippen LogP contribution in [0.25, 0.3) is 22.5 Å². The number of nitrogens with one attached hydrogen (secondary N) is 3. The highest BCUT2D eigenvalue weighted by atomic mass is 35.5. The number of tetrazole rings is 1. The summed E-state index contributed by atoms with van der Waals surface area (Å²) in [5.74, 6) is -0.909. The Hall–Kier alpha value is -5.09. The van der Waals surface area contributed by atoms with Gasteiger partial charge in [-0.05, 0) is 63.9 Å². The van der Waals surface area contributed by atoms with Gasteiger partial charge in [-0.15, -0.1) is 5.10 Å². The van der Waals surface area contributed by atoms with Gasteiger partial charge >= 0.3 is 0 Å². The van der Waals surface area contributed by atoms with Crippen LogP contribution >= 0.6 is 11.6 Å². The number of carbonyl (C=O) groups excluding carboxylic acids is 2. The summed E-state index contributed by atoms with van der Waals surface area (Å²) >= 11 is 6.16. The lowest BCUT2D eigenvalue weighted by Gasteiger charge is -2.18. The number of anilines is 1. The number of hydrogen-bond donors (Lipinski definition) is 3. The Morgan fingerprint density at radius 1 is 1.05 bits per heavy atom. The van der Waals surface area contributed by atoms with E-state index in [4.69, 9.17) is 11.6 Å². The molecule has 0 radical (unpaired) electrons. The van der Waals surface area contributed by atoms with E-state index in [0.717, 1.165) is 10.9 Å². The van der Waals surface area contributed by atoms with Crippen molar-refractivity contribution in [1.82, 2.24) is 30.5 Å². The van der Waals surface area contributed by atoms with E-state index >= 15 is 0 Å². The van der Waals surface area contributed by atoms with E-state index < -0.39 is 17.9 Å². The Bertz CT molecular complexity index is 1720. The largest absolute Gasteiger partial charge is 0.340 e. The van der Waals surface area contributed by atoms with E-state index in [-0.39, 0.29) is 12.0 Å². The molecule has 5 rings (SSSR count). The van der Waals surface area contributed by atoms with E-state index in [1.54, 1.807) is 54.7 Å². The van der Waals surface area contributed by atoms with E-state index in [1.807, 2.05) is 30.3 Å². The minimum atomic E-state index is -0.896. The maximum Gasteiger partial charge on any atom is 0.255 e. The minimum Gasteiger partial charge on any atom is -0.340 e. The van der Waals surface area contributed by atoms with Crippen LogP contribution in [0.2, 0.25) is 5.02 Å². The highest BCUT2D eigenvalue weighted by molar-refractivity contribution is 6.30. The fourth-order valence-corrected chi connectivity index (χ4v) is 4.25. The molecule has 0 saturated heterocycles. The average Bonchev–Trinajstić information content (AvgIpc) is 3.47. The fourth-order valence-electron chi connectivity index (χ4n) is 4.07. The number of rotatable bonds is 8. The molecular weight excluding hydrogens is 518 g/mol. The van der Waals surface area contributed by atoms with Crippen LogP contribution in [0, 0.1) is 0 Å². The van der Waals surface area contributed by atoms with Crippen LogP contribution in [0.3, 0.4) is 0 Å². The van der Waals surface area contributed by atoms with Crippen LogP contribution in [0.4, 0.5) is 5.69 Å². The number of benzene rings is 3. The number of aromatic nitrogens is 5. The second-order valence-corrected chi connectivity index (χ2v) is 9.08. The summed E-state index contributed by atoms with van der Waals surface area (Å²) in [7, 11) is 0. The molecule has 0 spiro atoms. The molecule has 5 aromatic rings. The number of nitrogens with zero attached hydrogens (tertiary/aromatic N) is 4. The minimum absolute atomic E-state index is 0.257. The van der Waals surface area contributed by atoms with Crippen molar-refractivity contribution in [3.8, 4) is 5.69 Å². The molecule has 0 aliphatic carbocycles. The van der Waals surface area contributed by atoms with Gasteiger partial charge in [-0.3, -0.25) is 14.4 Å². The first kappa shape index (κ1) is 25.6.